The Balaban J connectivity index is 1.20. The van der Waals surface area contributed by atoms with Gasteiger partial charge >= 0.3 is 10.2 Å². The fourth-order valence-corrected chi connectivity index (χ4v) is 6.53. The van der Waals surface area contributed by atoms with E-state index in [1.54, 1.807) is 24.5 Å². The molecule has 2 aliphatic heterocycles. The predicted molar refractivity (Wildman–Crippen MR) is 142 cm³/mol. The molecule has 1 unspecified atom stereocenters. The van der Waals surface area contributed by atoms with Crippen LogP contribution < -0.4 is 13.5 Å². The van der Waals surface area contributed by atoms with Crippen LogP contribution in [-0.2, 0) is 16.8 Å². The molecule has 1 aromatic carbocycles. The van der Waals surface area contributed by atoms with E-state index in [1.807, 2.05) is 13.0 Å². The smallest absolute Gasteiger partial charge is 0.327 e. The first-order chi connectivity index (χ1) is 18.1. The van der Waals surface area contributed by atoms with Crippen molar-refractivity contribution in [3.63, 3.8) is 0 Å². The van der Waals surface area contributed by atoms with Crippen molar-refractivity contribution in [3.05, 3.63) is 59.9 Å². The number of piperazine rings is 1. The number of hydrogen-bond acceptors (Lipinski definition) is 7. The van der Waals surface area contributed by atoms with E-state index < -0.39 is 22.0 Å². The van der Waals surface area contributed by atoms with Gasteiger partial charge in [-0.2, -0.15) is 8.42 Å². The van der Waals surface area contributed by atoms with Crippen LogP contribution in [0.5, 0.6) is 0 Å². The van der Waals surface area contributed by atoms with E-state index in [4.69, 9.17) is 4.98 Å². The molecule has 1 saturated heterocycles. The molecule has 9 nitrogen and oxygen atoms in total. The molecule has 0 amide bonds. The molecule has 4 heterocycles. The standard InChI is InChI=1S/C26H29F2N7O2S/c1-18-4-5-19(16-33-10-12-34(13-11-33)25-29-8-3-9-30-25)14-21(18)22-6-7-23-24(31-22)32(2)38(36,37)35(23)17-20-15-26(20,27)28/h3-9,14,20H,10-13,15-17H2,1-2H3. The zero-order valence-corrected chi connectivity index (χ0v) is 22.1. The van der Waals surface area contributed by atoms with Crippen molar-refractivity contribution in [3.8, 4) is 11.3 Å². The lowest BCUT2D eigenvalue weighted by Crippen LogP contribution is -2.46. The number of aromatic nitrogens is 3. The third kappa shape index (κ3) is 4.45. The Kier molecular flexibility index (Phi) is 5.98. The maximum absolute atomic E-state index is 13.5. The first-order valence-electron chi connectivity index (χ1n) is 12.6. The molecule has 0 spiro atoms. The summed E-state index contributed by atoms with van der Waals surface area (Å²) in [5.74, 6) is -2.75. The van der Waals surface area contributed by atoms with E-state index in [2.05, 4.69) is 38.0 Å². The lowest BCUT2D eigenvalue weighted by molar-refractivity contribution is 0.101. The van der Waals surface area contributed by atoms with Gasteiger partial charge in [0.25, 0.3) is 5.92 Å². The van der Waals surface area contributed by atoms with Crippen molar-refractivity contribution < 1.29 is 17.2 Å². The van der Waals surface area contributed by atoms with E-state index in [9.17, 15) is 17.2 Å². The number of anilines is 3. The summed E-state index contributed by atoms with van der Waals surface area (Å²) in [6.45, 7) is 5.99. The number of fused-ring (bicyclic) bond motifs is 1. The van der Waals surface area contributed by atoms with E-state index in [-0.39, 0.29) is 18.8 Å². The van der Waals surface area contributed by atoms with Crippen molar-refractivity contribution in [2.24, 2.45) is 5.92 Å². The second-order valence-corrected chi connectivity index (χ2v) is 12.1. The minimum absolute atomic E-state index is 0.244. The topological polar surface area (TPSA) is 85.8 Å². The molecular formula is C26H29F2N7O2S. The average molecular weight is 542 g/mol. The highest BCUT2D eigenvalue weighted by Gasteiger charge is 2.59. The molecule has 3 aromatic rings. The monoisotopic (exact) mass is 541 g/mol. The van der Waals surface area contributed by atoms with Crippen LogP contribution in [0.4, 0.5) is 26.2 Å². The second-order valence-electron chi connectivity index (χ2n) is 10.2. The van der Waals surface area contributed by atoms with Crippen LogP contribution in [0.2, 0.25) is 0 Å². The van der Waals surface area contributed by atoms with Gasteiger partial charge in [0.1, 0.15) is 0 Å². The van der Waals surface area contributed by atoms with Crippen molar-refractivity contribution in [2.75, 3.05) is 53.3 Å². The van der Waals surface area contributed by atoms with Gasteiger partial charge < -0.3 is 4.90 Å². The average Bonchev–Trinajstić information content (AvgIpc) is 3.48. The molecule has 2 aromatic heterocycles. The largest absolute Gasteiger partial charge is 0.338 e. The Morgan fingerprint density at radius 1 is 1.05 bits per heavy atom. The molecule has 6 rings (SSSR count). The summed E-state index contributed by atoms with van der Waals surface area (Å²) < 4.78 is 55.2. The zero-order valence-electron chi connectivity index (χ0n) is 21.3. The maximum Gasteiger partial charge on any atom is 0.327 e. The summed E-state index contributed by atoms with van der Waals surface area (Å²) in [5.41, 5.74) is 4.06. The van der Waals surface area contributed by atoms with Gasteiger partial charge in [0.2, 0.25) is 5.95 Å². The first kappa shape index (κ1) is 24.9. The van der Waals surface area contributed by atoms with Crippen LogP contribution in [0.15, 0.2) is 48.8 Å². The van der Waals surface area contributed by atoms with E-state index in [0.717, 1.165) is 64.0 Å². The van der Waals surface area contributed by atoms with E-state index >= 15 is 0 Å². The van der Waals surface area contributed by atoms with Crippen molar-refractivity contribution in [1.29, 1.82) is 0 Å². The Morgan fingerprint density at radius 3 is 2.45 bits per heavy atom. The molecular weight excluding hydrogens is 512 g/mol. The van der Waals surface area contributed by atoms with E-state index in [0.29, 0.717) is 11.4 Å². The molecule has 1 saturated carbocycles. The third-order valence-corrected chi connectivity index (χ3v) is 9.35. The number of alkyl halides is 2. The number of nitrogens with zero attached hydrogens (tertiary/aromatic N) is 7. The number of hydrogen-bond donors (Lipinski definition) is 0. The lowest BCUT2D eigenvalue weighted by atomic mass is 10.0. The molecule has 1 atom stereocenters. The van der Waals surface area contributed by atoms with Crippen molar-refractivity contribution >= 4 is 27.7 Å². The van der Waals surface area contributed by atoms with E-state index in [1.165, 1.54) is 7.05 Å². The number of rotatable bonds is 6. The Morgan fingerprint density at radius 2 is 1.76 bits per heavy atom. The molecule has 12 heteroatoms. The van der Waals surface area contributed by atoms with Gasteiger partial charge in [0.05, 0.1) is 11.4 Å². The normalized spacial score (nSPS) is 22.0. The first-order valence-corrected chi connectivity index (χ1v) is 14.0. The fourth-order valence-electron chi connectivity index (χ4n) is 5.12. The number of pyridine rings is 1. The zero-order chi connectivity index (χ0) is 26.7. The van der Waals surface area contributed by atoms with Gasteiger partial charge in [-0.05, 0) is 42.3 Å². The molecule has 200 valence electrons. The Bertz CT molecular complexity index is 1460. The Labute approximate surface area is 220 Å². The Hall–Kier alpha value is -3.38. The molecule has 1 aliphatic carbocycles. The number of aryl methyl sites for hydroxylation is 1. The maximum atomic E-state index is 13.5. The molecule has 0 bridgehead atoms. The molecule has 38 heavy (non-hydrogen) atoms. The van der Waals surface area contributed by atoms with Gasteiger partial charge in [-0.3, -0.25) is 4.90 Å². The summed E-state index contributed by atoms with van der Waals surface area (Å²) in [4.78, 5) is 17.9. The minimum Gasteiger partial charge on any atom is -0.338 e. The van der Waals surface area contributed by atoms with Crippen LogP contribution in [-0.4, -0.2) is 74.0 Å². The summed E-state index contributed by atoms with van der Waals surface area (Å²) >= 11 is 0. The highest BCUT2D eigenvalue weighted by molar-refractivity contribution is 7.94. The SMILES string of the molecule is Cc1ccc(CN2CCN(c3ncccn3)CC2)cc1-c1ccc2c(n1)N(C)S(=O)(=O)N2CC1CC1(F)F. The third-order valence-electron chi connectivity index (χ3n) is 7.58. The highest BCUT2D eigenvalue weighted by Crippen LogP contribution is 2.51. The van der Waals surface area contributed by atoms with Crippen molar-refractivity contribution in [2.45, 2.75) is 25.8 Å². The van der Waals surface area contributed by atoms with Gasteiger partial charge in [-0.25, -0.2) is 32.3 Å². The summed E-state index contributed by atoms with van der Waals surface area (Å²) in [6.07, 6.45) is 3.22. The van der Waals surface area contributed by atoms with Crippen LogP contribution in [0.3, 0.4) is 0 Å². The van der Waals surface area contributed by atoms with Crippen LogP contribution >= 0.6 is 0 Å². The number of benzene rings is 1. The van der Waals surface area contributed by atoms with Gasteiger partial charge in [0, 0.05) is 76.6 Å². The lowest BCUT2D eigenvalue weighted by Gasteiger charge is -2.34. The van der Waals surface area contributed by atoms with Crippen molar-refractivity contribution in [1.82, 2.24) is 19.9 Å². The molecule has 2 fully saturated rings. The quantitative estimate of drug-likeness (QED) is 0.473. The number of halogens is 2. The highest BCUT2D eigenvalue weighted by atomic mass is 32.2. The fraction of sp³-hybridized carbons (Fsp3) is 0.423. The summed E-state index contributed by atoms with van der Waals surface area (Å²) in [6, 6.07) is 11.5. The van der Waals surface area contributed by atoms with Gasteiger partial charge in [-0.15, -0.1) is 0 Å². The van der Waals surface area contributed by atoms with Crippen LogP contribution in [0, 0.1) is 12.8 Å². The molecule has 0 radical (unpaired) electrons. The van der Waals surface area contributed by atoms with Crippen LogP contribution in [0.25, 0.3) is 11.3 Å². The second kappa shape index (κ2) is 9.12. The predicted octanol–water partition coefficient (Wildman–Crippen LogP) is 3.33. The van der Waals surface area contributed by atoms with Gasteiger partial charge in [0.15, 0.2) is 5.82 Å². The molecule has 0 N–H and O–H groups in total. The molecule has 3 aliphatic rings. The summed E-state index contributed by atoms with van der Waals surface area (Å²) in [5, 5.41) is 0. The van der Waals surface area contributed by atoms with Gasteiger partial charge in [-0.1, -0.05) is 12.1 Å². The minimum atomic E-state index is -3.94. The van der Waals surface area contributed by atoms with Crippen LogP contribution in [0.1, 0.15) is 17.5 Å². The summed E-state index contributed by atoms with van der Waals surface area (Å²) in [7, 11) is -2.52.